The summed E-state index contributed by atoms with van der Waals surface area (Å²) >= 11 is 1.26. The second-order valence-electron chi connectivity index (χ2n) is 8.73. The van der Waals surface area contributed by atoms with E-state index in [0.717, 1.165) is 18.9 Å². The molecule has 0 spiro atoms. The van der Waals surface area contributed by atoms with Crippen molar-refractivity contribution in [2.75, 3.05) is 21.2 Å². The Kier molecular flexibility index (Phi) is 8.45. The minimum absolute atomic E-state index is 0.138. The molecule has 38 heavy (non-hydrogen) atoms. The van der Waals surface area contributed by atoms with Crippen molar-refractivity contribution in [1.29, 1.82) is 5.41 Å². The van der Waals surface area contributed by atoms with Crippen LogP contribution in [0.4, 0.5) is 8.78 Å². The largest absolute Gasteiger partial charge is 0.494 e. The topological polar surface area (TPSA) is 138 Å². The van der Waals surface area contributed by atoms with Crippen LogP contribution in [-0.4, -0.2) is 59.8 Å². The first-order valence-corrected chi connectivity index (χ1v) is 12.5. The lowest BCUT2D eigenvalue weighted by Crippen LogP contribution is -2.40. The lowest BCUT2D eigenvalue weighted by Gasteiger charge is -2.21. The van der Waals surface area contributed by atoms with E-state index < -0.39 is 24.4 Å². The van der Waals surface area contributed by atoms with Gasteiger partial charge in [0, 0.05) is 22.6 Å². The zero-order valence-corrected chi connectivity index (χ0v) is 21.7. The molecule has 1 aliphatic heterocycles. The van der Waals surface area contributed by atoms with Gasteiger partial charge in [0.2, 0.25) is 12.2 Å². The summed E-state index contributed by atoms with van der Waals surface area (Å²) < 4.78 is 37.8. The van der Waals surface area contributed by atoms with E-state index >= 15 is 0 Å². The Bertz CT molecular complexity index is 1320. The molecule has 2 aliphatic rings. The number of aromatic nitrogens is 1. The number of rotatable bonds is 7. The molecule has 1 aromatic carbocycles. The van der Waals surface area contributed by atoms with Crippen molar-refractivity contribution < 1.29 is 23.0 Å². The average Bonchev–Trinajstić information content (AvgIpc) is 3.63. The monoisotopic (exact) mass is 543 g/mol. The van der Waals surface area contributed by atoms with Gasteiger partial charge in [-0.05, 0) is 68.5 Å². The fourth-order valence-electron chi connectivity index (χ4n) is 3.34. The smallest absolute Gasteiger partial charge is 0.280 e. The molecule has 4 rings (SSSR count). The third-order valence-electron chi connectivity index (χ3n) is 5.63. The molecule has 2 atom stereocenters. The van der Waals surface area contributed by atoms with Crippen molar-refractivity contribution in [3.8, 4) is 28.7 Å². The number of ether oxygens (including phenoxy) is 2. The van der Waals surface area contributed by atoms with Crippen LogP contribution >= 0.6 is 11.8 Å². The van der Waals surface area contributed by atoms with Gasteiger partial charge < -0.3 is 9.47 Å². The van der Waals surface area contributed by atoms with E-state index in [1.54, 1.807) is 19.0 Å². The first-order chi connectivity index (χ1) is 18.2. The molecule has 1 aliphatic carbocycles. The van der Waals surface area contributed by atoms with E-state index in [0.29, 0.717) is 11.1 Å². The normalized spacial score (nSPS) is 17.3. The highest BCUT2D eigenvalue weighted by Crippen LogP contribution is 2.35. The Morgan fingerprint density at radius 2 is 2.05 bits per heavy atom. The van der Waals surface area contributed by atoms with Crippen LogP contribution in [0, 0.1) is 23.2 Å². The van der Waals surface area contributed by atoms with Crippen molar-refractivity contribution in [1.82, 2.24) is 20.6 Å². The Labute approximate surface area is 222 Å². The van der Waals surface area contributed by atoms with Crippen LogP contribution < -0.4 is 21.2 Å². The molecule has 1 saturated carbocycles. The zero-order valence-electron chi connectivity index (χ0n) is 20.9. The molecular weight excluding hydrogens is 516 g/mol. The summed E-state index contributed by atoms with van der Waals surface area (Å²) in [7, 11) is 4.74. The number of carbonyl (C=O) groups excluding carboxylic acids is 1. The second-order valence-corrected chi connectivity index (χ2v) is 9.83. The van der Waals surface area contributed by atoms with Crippen molar-refractivity contribution in [2.24, 2.45) is 16.8 Å². The highest BCUT2D eigenvalue weighted by molar-refractivity contribution is 8.14. The number of hydrazone groups is 1. The van der Waals surface area contributed by atoms with E-state index in [4.69, 9.17) is 20.6 Å². The van der Waals surface area contributed by atoms with Gasteiger partial charge in [-0.2, -0.15) is 5.10 Å². The van der Waals surface area contributed by atoms with Crippen LogP contribution in [-0.2, 0) is 4.74 Å². The molecule has 2 aromatic rings. The van der Waals surface area contributed by atoms with Crippen LogP contribution in [0.15, 0.2) is 35.6 Å². The summed E-state index contributed by atoms with van der Waals surface area (Å²) in [5.41, 5.74) is 9.10. The molecule has 0 radical (unpaired) electrons. The molecule has 1 aromatic heterocycles. The first kappa shape index (κ1) is 27.3. The van der Waals surface area contributed by atoms with Crippen LogP contribution in [0.3, 0.4) is 0 Å². The van der Waals surface area contributed by atoms with Gasteiger partial charge in [-0.25, -0.2) is 8.78 Å². The maximum absolute atomic E-state index is 13.5. The molecule has 200 valence electrons. The molecule has 1 fully saturated rings. The third-order valence-corrected chi connectivity index (χ3v) is 6.50. The Morgan fingerprint density at radius 1 is 1.29 bits per heavy atom. The number of hydrogen-bond acceptors (Lipinski definition) is 10. The summed E-state index contributed by atoms with van der Waals surface area (Å²) in [6.07, 6.45) is -0.371. The number of amidine groups is 1. The molecule has 0 saturated heterocycles. The lowest BCUT2D eigenvalue weighted by molar-refractivity contribution is 0.0590. The molecule has 13 heteroatoms. The number of hydrogen-bond donors (Lipinski definition) is 4. The molecular formula is C25H27F2N7O3S. The maximum atomic E-state index is 13.5. The third kappa shape index (κ3) is 6.58. The predicted octanol–water partition coefficient (Wildman–Crippen LogP) is 2.92. The number of nitrogens with two attached hydrogens (primary N) is 1. The highest BCUT2D eigenvalue weighted by atomic mass is 32.2. The van der Waals surface area contributed by atoms with E-state index in [9.17, 15) is 13.6 Å². The Balaban J connectivity index is 1.67. The lowest BCUT2D eigenvalue weighted by atomic mass is 9.96. The van der Waals surface area contributed by atoms with Gasteiger partial charge in [0.05, 0.1) is 13.3 Å². The zero-order chi connectivity index (χ0) is 27.4. The fourth-order valence-corrected chi connectivity index (χ4v) is 4.05. The number of benzene rings is 1. The summed E-state index contributed by atoms with van der Waals surface area (Å²) in [5, 5.41) is 15.3. The van der Waals surface area contributed by atoms with Crippen LogP contribution in [0.1, 0.15) is 40.9 Å². The molecule has 5 N–H and O–H groups in total. The molecule has 2 unspecified atom stereocenters. The van der Waals surface area contributed by atoms with E-state index in [1.165, 1.54) is 43.3 Å². The van der Waals surface area contributed by atoms with Gasteiger partial charge in [0.1, 0.15) is 11.4 Å². The van der Waals surface area contributed by atoms with Crippen molar-refractivity contribution in [2.45, 2.75) is 31.0 Å². The molecule has 1 amide bonds. The Hall–Kier alpha value is -3.73. The van der Waals surface area contributed by atoms with Gasteiger partial charge in [-0.3, -0.25) is 36.6 Å². The van der Waals surface area contributed by atoms with Gasteiger partial charge in [-0.1, -0.05) is 11.8 Å². The fraction of sp³-hybridized carbons (Fsp3) is 0.360. The Morgan fingerprint density at radius 3 is 2.71 bits per heavy atom. The standard InChI is InChI=1S/C25H27F2N7O3S/c1-34(2)24(29)37-22(28)14-7-8-15(16(10-14)17-11-18(21(26)27)30-12-19(17)36-3)23(35)31-25-33-32-20(38-25)9-6-13-4-5-13/h7-8,10-13,20-21,24,28,32H,4-5,29H2,1-3H3,(H,31,33,35). The molecule has 2 heterocycles. The summed E-state index contributed by atoms with van der Waals surface area (Å²) in [5.74, 6) is 6.04. The van der Waals surface area contributed by atoms with Crippen LogP contribution in [0.2, 0.25) is 0 Å². The number of amides is 1. The summed E-state index contributed by atoms with van der Waals surface area (Å²) in [6.45, 7) is 0. The number of methoxy groups -OCH3 is 1. The van der Waals surface area contributed by atoms with Gasteiger partial charge in [0.15, 0.2) is 10.5 Å². The van der Waals surface area contributed by atoms with Crippen molar-refractivity contribution >= 4 is 28.7 Å². The number of carbonyl (C=O) groups is 1. The van der Waals surface area contributed by atoms with Crippen LogP contribution in [0.5, 0.6) is 5.75 Å². The number of alkyl halides is 2. The van der Waals surface area contributed by atoms with Crippen molar-refractivity contribution in [3.63, 3.8) is 0 Å². The number of thioether (sulfide) groups is 1. The first-order valence-electron chi connectivity index (χ1n) is 11.6. The minimum atomic E-state index is -2.84. The van der Waals surface area contributed by atoms with E-state index in [-0.39, 0.29) is 39.3 Å². The van der Waals surface area contributed by atoms with Crippen LogP contribution in [0.25, 0.3) is 11.1 Å². The molecule has 0 bridgehead atoms. The maximum Gasteiger partial charge on any atom is 0.280 e. The van der Waals surface area contributed by atoms with Gasteiger partial charge in [0.25, 0.3) is 12.3 Å². The number of nitrogens with one attached hydrogen (secondary N) is 3. The SMILES string of the molecule is COc1cnc(C(F)F)cc1-c1cc(C(=N)OC(N)N(C)C)ccc1C(=O)NC1=NNC(C#CC2CC2)S1. The molecule has 10 nitrogen and oxygen atoms in total. The minimum Gasteiger partial charge on any atom is -0.494 e. The highest BCUT2D eigenvalue weighted by Gasteiger charge is 2.25. The van der Waals surface area contributed by atoms with Gasteiger partial charge >= 0.3 is 0 Å². The van der Waals surface area contributed by atoms with Gasteiger partial charge in [-0.15, -0.1) is 0 Å². The summed E-state index contributed by atoms with van der Waals surface area (Å²) in [6, 6.07) is 5.62. The van der Waals surface area contributed by atoms with Crippen molar-refractivity contribution in [3.05, 3.63) is 47.3 Å². The number of halogens is 2. The van der Waals surface area contributed by atoms with E-state index in [1.807, 2.05) is 0 Å². The predicted molar refractivity (Wildman–Crippen MR) is 141 cm³/mol. The average molecular weight is 544 g/mol. The quantitative estimate of drug-likeness (QED) is 0.181. The second kappa shape index (κ2) is 11.8. The number of nitrogens with zero attached hydrogens (tertiary/aromatic N) is 3. The summed E-state index contributed by atoms with van der Waals surface area (Å²) in [4.78, 5) is 18.7. The van der Waals surface area contributed by atoms with E-state index in [2.05, 4.69) is 32.7 Å². The number of pyridine rings is 1.